The molecular weight excluding hydrogens is 280 g/mol. The smallest absolute Gasteiger partial charge is 0.123 e. The normalized spacial score (nSPS) is 12.9. The van der Waals surface area contributed by atoms with Gasteiger partial charge in [0.25, 0.3) is 0 Å². The number of methoxy groups -OCH3 is 1. The van der Waals surface area contributed by atoms with Gasteiger partial charge in [0.15, 0.2) is 0 Å². The van der Waals surface area contributed by atoms with E-state index in [1.807, 2.05) is 39.1 Å². The van der Waals surface area contributed by atoms with Crippen LogP contribution in [0.3, 0.4) is 0 Å². The molecule has 1 rings (SSSR count). The second kappa shape index (κ2) is 5.52. The minimum absolute atomic E-state index is 0.0834. The van der Waals surface area contributed by atoms with E-state index in [0.29, 0.717) is 0 Å². The van der Waals surface area contributed by atoms with Crippen LogP contribution in [0.5, 0.6) is 5.75 Å². The summed E-state index contributed by atoms with van der Waals surface area (Å²) in [7, 11) is 3.49. The summed E-state index contributed by atoms with van der Waals surface area (Å²) in [5, 5.41) is 12.4. The van der Waals surface area contributed by atoms with Gasteiger partial charge in [-0.2, -0.15) is 5.26 Å². The Morgan fingerprint density at radius 3 is 2.59 bits per heavy atom. The van der Waals surface area contributed by atoms with Gasteiger partial charge in [-0.05, 0) is 39.1 Å². The molecule has 1 aromatic rings. The topological polar surface area (TPSA) is 45.0 Å². The van der Waals surface area contributed by atoms with Crippen LogP contribution in [-0.4, -0.2) is 14.2 Å². The van der Waals surface area contributed by atoms with E-state index >= 15 is 0 Å². The van der Waals surface area contributed by atoms with E-state index in [2.05, 4.69) is 27.3 Å². The van der Waals surface area contributed by atoms with Crippen molar-refractivity contribution in [2.24, 2.45) is 5.41 Å². The first-order valence-electron chi connectivity index (χ1n) is 5.38. The largest absolute Gasteiger partial charge is 0.496 e. The molecule has 17 heavy (non-hydrogen) atoms. The van der Waals surface area contributed by atoms with Crippen molar-refractivity contribution in [3.8, 4) is 11.8 Å². The van der Waals surface area contributed by atoms with Gasteiger partial charge in [0, 0.05) is 10.0 Å². The number of nitrogens with one attached hydrogen (secondary N) is 1. The molecule has 3 nitrogen and oxygen atoms in total. The van der Waals surface area contributed by atoms with Crippen LogP contribution in [0, 0.1) is 16.7 Å². The molecule has 0 amide bonds. The minimum atomic E-state index is -0.511. The lowest BCUT2D eigenvalue weighted by Gasteiger charge is -2.29. The van der Waals surface area contributed by atoms with Gasteiger partial charge in [-0.15, -0.1) is 0 Å². The summed E-state index contributed by atoms with van der Waals surface area (Å²) in [5.74, 6) is 0.788. The van der Waals surface area contributed by atoms with E-state index in [4.69, 9.17) is 4.74 Å². The van der Waals surface area contributed by atoms with Crippen LogP contribution >= 0.6 is 15.9 Å². The van der Waals surface area contributed by atoms with Gasteiger partial charge in [0.05, 0.1) is 24.6 Å². The lowest BCUT2D eigenvalue weighted by Crippen LogP contribution is -2.31. The van der Waals surface area contributed by atoms with Gasteiger partial charge in [-0.25, -0.2) is 0 Å². The third kappa shape index (κ3) is 2.99. The SMILES string of the molecule is CNC(c1cc(Br)ccc1OC)C(C)(C)C#N. The molecule has 1 N–H and O–H groups in total. The van der Waals surface area contributed by atoms with Gasteiger partial charge >= 0.3 is 0 Å². The van der Waals surface area contributed by atoms with Gasteiger partial charge in [-0.1, -0.05) is 15.9 Å². The van der Waals surface area contributed by atoms with Crippen LogP contribution in [0.2, 0.25) is 0 Å². The van der Waals surface area contributed by atoms with Crippen LogP contribution in [0.4, 0.5) is 0 Å². The maximum atomic E-state index is 9.25. The number of ether oxygens (including phenoxy) is 1. The Morgan fingerprint density at radius 1 is 1.47 bits per heavy atom. The van der Waals surface area contributed by atoms with Crippen LogP contribution in [0.25, 0.3) is 0 Å². The summed E-state index contributed by atoms with van der Waals surface area (Å²) in [6.07, 6.45) is 0. The van der Waals surface area contributed by atoms with Crippen LogP contribution < -0.4 is 10.1 Å². The highest BCUT2D eigenvalue weighted by atomic mass is 79.9. The van der Waals surface area contributed by atoms with E-state index in [0.717, 1.165) is 15.8 Å². The fraction of sp³-hybridized carbons (Fsp3) is 0.462. The fourth-order valence-corrected chi connectivity index (χ4v) is 2.28. The molecule has 1 aromatic carbocycles. The Hall–Kier alpha value is -1.05. The van der Waals surface area contributed by atoms with E-state index in [-0.39, 0.29) is 6.04 Å². The Balaban J connectivity index is 3.30. The van der Waals surface area contributed by atoms with Gasteiger partial charge < -0.3 is 10.1 Å². The number of benzene rings is 1. The fourth-order valence-electron chi connectivity index (χ4n) is 1.90. The van der Waals surface area contributed by atoms with Crippen LogP contribution in [0.1, 0.15) is 25.5 Å². The number of nitrogens with zero attached hydrogens (tertiary/aromatic N) is 1. The first kappa shape index (κ1) is 14.0. The summed E-state index contributed by atoms with van der Waals surface area (Å²) >= 11 is 3.45. The van der Waals surface area contributed by atoms with Gasteiger partial charge in [0.1, 0.15) is 5.75 Å². The summed E-state index contributed by atoms with van der Waals surface area (Å²) in [6, 6.07) is 8.06. The molecule has 0 aliphatic carbocycles. The highest BCUT2D eigenvalue weighted by Gasteiger charge is 2.31. The third-order valence-corrected chi connectivity index (χ3v) is 3.29. The van der Waals surface area contributed by atoms with Crippen molar-refractivity contribution in [3.05, 3.63) is 28.2 Å². The minimum Gasteiger partial charge on any atom is -0.496 e. The summed E-state index contributed by atoms with van der Waals surface area (Å²) in [4.78, 5) is 0. The monoisotopic (exact) mass is 296 g/mol. The lowest BCUT2D eigenvalue weighted by atomic mass is 9.81. The highest BCUT2D eigenvalue weighted by molar-refractivity contribution is 9.10. The van der Waals surface area contributed by atoms with E-state index in [1.165, 1.54) is 0 Å². The van der Waals surface area contributed by atoms with Crippen molar-refractivity contribution in [1.29, 1.82) is 5.26 Å². The Kier molecular flexibility index (Phi) is 4.55. The first-order chi connectivity index (χ1) is 7.96. The molecule has 0 saturated carbocycles. The van der Waals surface area contributed by atoms with E-state index in [9.17, 15) is 5.26 Å². The van der Waals surface area contributed by atoms with Crippen molar-refractivity contribution in [1.82, 2.24) is 5.32 Å². The van der Waals surface area contributed by atoms with Crippen LogP contribution in [-0.2, 0) is 0 Å². The maximum Gasteiger partial charge on any atom is 0.123 e. The maximum absolute atomic E-state index is 9.25. The Bertz CT molecular complexity index is 438. The molecule has 0 heterocycles. The number of nitriles is 1. The van der Waals surface area contributed by atoms with E-state index in [1.54, 1.807) is 7.11 Å². The predicted octanol–water partition coefficient (Wildman–Crippen LogP) is 3.27. The zero-order valence-corrected chi connectivity index (χ0v) is 12.1. The summed E-state index contributed by atoms with van der Waals surface area (Å²) in [6.45, 7) is 3.82. The number of hydrogen-bond donors (Lipinski definition) is 1. The molecule has 0 fully saturated rings. The van der Waals surface area contributed by atoms with Crippen LogP contribution in [0.15, 0.2) is 22.7 Å². The summed E-state index contributed by atoms with van der Waals surface area (Å²) < 4.78 is 6.33. The Labute approximate surface area is 111 Å². The molecule has 0 spiro atoms. The van der Waals surface area contributed by atoms with Gasteiger partial charge in [0.2, 0.25) is 0 Å². The average Bonchev–Trinajstić information content (AvgIpc) is 2.30. The quantitative estimate of drug-likeness (QED) is 0.927. The summed E-state index contributed by atoms with van der Waals surface area (Å²) in [5.41, 5.74) is 0.471. The van der Waals surface area contributed by atoms with Crippen molar-refractivity contribution >= 4 is 15.9 Å². The molecule has 0 radical (unpaired) electrons. The molecule has 0 aliphatic heterocycles. The molecule has 1 atom stereocenters. The zero-order valence-electron chi connectivity index (χ0n) is 10.5. The number of rotatable bonds is 4. The lowest BCUT2D eigenvalue weighted by molar-refractivity contribution is 0.326. The molecule has 0 aromatic heterocycles. The van der Waals surface area contributed by atoms with Crippen molar-refractivity contribution in [2.45, 2.75) is 19.9 Å². The van der Waals surface area contributed by atoms with E-state index < -0.39 is 5.41 Å². The molecule has 0 aliphatic rings. The highest BCUT2D eigenvalue weighted by Crippen LogP contribution is 2.38. The molecule has 1 unspecified atom stereocenters. The first-order valence-corrected chi connectivity index (χ1v) is 6.17. The van der Waals surface area contributed by atoms with Gasteiger partial charge in [-0.3, -0.25) is 0 Å². The zero-order chi connectivity index (χ0) is 13.1. The second-order valence-corrected chi connectivity index (χ2v) is 5.36. The van der Waals surface area contributed by atoms with Crippen molar-refractivity contribution in [2.75, 3.05) is 14.2 Å². The molecule has 92 valence electrons. The molecule has 0 saturated heterocycles. The average molecular weight is 297 g/mol. The third-order valence-electron chi connectivity index (χ3n) is 2.80. The standard InChI is InChI=1S/C13H17BrN2O/c1-13(2,8-15)12(16-3)10-7-9(14)5-6-11(10)17-4/h5-7,12,16H,1-4H3. The Morgan fingerprint density at radius 2 is 2.12 bits per heavy atom. The molecule has 4 heteroatoms. The van der Waals surface area contributed by atoms with Crippen molar-refractivity contribution < 1.29 is 4.74 Å². The molecule has 0 bridgehead atoms. The molecular formula is C13H17BrN2O. The number of hydrogen-bond acceptors (Lipinski definition) is 3. The number of halogens is 1. The van der Waals surface area contributed by atoms with Crippen molar-refractivity contribution in [3.63, 3.8) is 0 Å². The second-order valence-electron chi connectivity index (χ2n) is 4.44. The predicted molar refractivity (Wildman–Crippen MR) is 71.9 cm³/mol.